The van der Waals surface area contributed by atoms with Gasteiger partial charge in [0.25, 0.3) is 0 Å². The number of rotatable bonds is 4. The molecule has 120 valence electrons. The molecule has 0 aromatic heterocycles. The third-order valence-electron chi connectivity index (χ3n) is 4.91. The minimum Gasteiger partial charge on any atom is -0.223 e. The number of hydrogen-bond donors (Lipinski definition) is 0. The number of hydrogen-bond acceptors (Lipinski definition) is 2. The van der Waals surface area contributed by atoms with Gasteiger partial charge >= 0.3 is 0 Å². The highest BCUT2D eigenvalue weighted by atomic mass is 32.2. The summed E-state index contributed by atoms with van der Waals surface area (Å²) in [4.78, 5) is 0.396. The van der Waals surface area contributed by atoms with E-state index in [2.05, 4.69) is 0 Å². The molecule has 3 aromatic rings. The molecule has 2 nitrogen and oxygen atoms in total. The summed E-state index contributed by atoms with van der Waals surface area (Å²) in [6, 6.07) is 28.4. The first-order valence-electron chi connectivity index (χ1n) is 8.06. The Bertz CT molecular complexity index is 935. The fourth-order valence-corrected chi connectivity index (χ4v) is 5.90. The normalized spacial score (nSPS) is 22.9. The lowest BCUT2D eigenvalue weighted by Gasteiger charge is -2.19. The van der Waals surface area contributed by atoms with Gasteiger partial charge in [-0.3, -0.25) is 0 Å². The third kappa shape index (κ3) is 2.20. The van der Waals surface area contributed by atoms with Crippen molar-refractivity contribution in [2.24, 2.45) is 0 Å². The van der Waals surface area contributed by atoms with Gasteiger partial charge in [0.1, 0.15) is 4.75 Å². The highest BCUT2D eigenvalue weighted by molar-refractivity contribution is 7.92. The second-order valence-electron chi connectivity index (χ2n) is 6.24. The SMILES string of the molecule is O=S(=O)(c1ccccc1)[C@@]1(c2ccccc2)CC1c1ccccc1. The van der Waals surface area contributed by atoms with Gasteiger partial charge in [0, 0.05) is 5.92 Å². The summed E-state index contributed by atoms with van der Waals surface area (Å²) in [6.07, 6.45) is 0.623. The molecule has 4 rings (SSSR count). The van der Waals surface area contributed by atoms with E-state index >= 15 is 0 Å². The van der Waals surface area contributed by atoms with Crippen molar-refractivity contribution < 1.29 is 8.42 Å². The Morgan fingerprint density at radius 2 is 1.21 bits per heavy atom. The zero-order chi connectivity index (χ0) is 16.6. The van der Waals surface area contributed by atoms with E-state index in [0.29, 0.717) is 11.3 Å². The van der Waals surface area contributed by atoms with Crippen LogP contribution >= 0.6 is 0 Å². The molecule has 24 heavy (non-hydrogen) atoms. The van der Waals surface area contributed by atoms with Crippen molar-refractivity contribution in [2.75, 3.05) is 0 Å². The smallest absolute Gasteiger partial charge is 0.188 e. The third-order valence-corrected chi connectivity index (χ3v) is 7.45. The Morgan fingerprint density at radius 3 is 1.79 bits per heavy atom. The molecule has 0 amide bonds. The lowest BCUT2D eigenvalue weighted by molar-refractivity contribution is 0.577. The minimum absolute atomic E-state index is 0.00805. The summed E-state index contributed by atoms with van der Waals surface area (Å²) < 4.78 is 26.1. The Balaban J connectivity index is 1.88. The minimum atomic E-state index is -3.48. The standard InChI is InChI=1S/C21H18O2S/c22-24(23,19-14-8-3-9-15-19)21(18-12-6-2-7-13-18)16-20(21)17-10-4-1-5-11-17/h1-15,20H,16H2/t20?,21-/m1/s1. The average molecular weight is 334 g/mol. The lowest BCUT2D eigenvalue weighted by atomic mass is 10.0. The van der Waals surface area contributed by atoms with Crippen LogP contribution in [0.15, 0.2) is 95.9 Å². The summed E-state index contributed by atoms with van der Waals surface area (Å²) in [5, 5.41) is 0. The predicted octanol–water partition coefficient (Wildman–Crippen LogP) is 4.54. The van der Waals surface area contributed by atoms with Gasteiger partial charge in [-0.15, -0.1) is 0 Å². The second kappa shape index (κ2) is 5.60. The molecule has 1 aliphatic rings. The first-order valence-corrected chi connectivity index (χ1v) is 9.55. The van der Waals surface area contributed by atoms with Crippen molar-refractivity contribution >= 4 is 9.84 Å². The second-order valence-corrected chi connectivity index (χ2v) is 8.45. The molecule has 1 saturated carbocycles. The van der Waals surface area contributed by atoms with E-state index in [1.54, 1.807) is 24.3 Å². The summed E-state index contributed by atoms with van der Waals surface area (Å²) in [5.41, 5.74) is 1.96. The predicted molar refractivity (Wildman–Crippen MR) is 95.5 cm³/mol. The van der Waals surface area contributed by atoms with E-state index in [4.69, 9.17) is 0 Å². The van der Waals surface area contributed by atoms with Crippen molar-refractivity contribution in [2.45, 2.75) is 22.0 Å². The van der Waals surface area contributed by atoms with Crippen LogP contribution in [0.3, 0.4) is 0 Å². The van der Waals surface area contributed by atoms with Crippen LogP contribution in [0, 0.1) is 0 Å². The van der Waals surface area contributed by atoms with Crippen molar-refractivity contribution in [1.29, 1.82) is 0 Å². The zero-order valence-electron chi connectivity index (χ0n) is 13.2. The molecule has 0 spiro atoms. The maximum atomic E-state index is 13.5. The van der Waals surface area contributed by atoms with Crippen LogP contribution in [-0.2, 0) is 14.6 Å². The van der Waals surface area contributed by atoms with E-state index in [0.717, 1.165) is 11.1 Å². The summed E-state index contributed by atoms with van der Waals surface area (Å²) in [6.45, 7) is 0. The first kappa shape index (κ1) is 15.2. The molecule has 3 heteroatoms. The van der Waals surface area contributed by atoms with Crippen LogP contribution in [0.25, 0.3) is 0 Å². The topological polar surface area (TPSA) is 34.1 Å². The van der Waals surface area contributed by atoms with E-state index in [9.17, 15) is 8.42 Å². The number of benzene rings is 3. The van der Waals surface area contributed by atoms with E-state index < -0.39 is 14.6 Å². The zero-order valence-corrected chi connectivity index (χ0v) is 14.0. The Morgan fingerprint density at radius 1 is 0.708 bits per heavy atom. The van der Waals surface area contributed by atoms with E-state index in [-0.39, 0.29) is 5.92 Å². The summed E-state index contributed by atoms with van der Waals surface area (Å²) >= 11 is 0. The fraction of sp³-hybridized carbons (Fsp3) is 0.143. The van der Waals surface area contributed by atoms with Crippen molar-refractivity contribution in [3.63, 3.8) is 0 Å². The van der Waals surface area contributed by atoms with Gasteiger partial charge in [-0.2, -0.15) is 0 Å². The van der Waals surface area contributed by atoms with Crippen molar-refractivity contribution in [3.8, 4) is 0 Å². The van der Waals surface area contributed by atoms with Crippen LogP contribution < -0.4 is 0 Å². The molecule has 0 heterocycles. The fourth-order valence-electron chi connectivity index (χ4n) is 3.62. The lowest BCUT2D eigenvalue weighted by Crippen LogP contribution is -2.23. The quantitative estimate of drug-likeness (QED) is 0.702. The molecular weight excluding hydrogens is 316 g/mol. The van der Waals surface area contributed by atoms with Crippen LogP contribution in [0.5, 0.6) is 0 Å². The summed E-state index contributed by atoms with van der Waals surface area (Å²) in [5.74, 6) is -0.00805. The molecule has 1 fully saturated rings. The molecule has 0 aliphatic heterocycles. The van der Waals surface area contributed by atoms with E-state index in [1.165, 1.54) is 0 Å². The van der Waals surface area contributed by atoms with Gasteiger partial charge in [-0.05, 0) is 29.7 Å². The maximum Gasteiger partial charge on any atom is 0.188 e. The number of sulfone groups is 1. The highest BCUT2D eigenvalue weighted by Crippen LogP contribution is 2.65. The van der Waals surface area contributed by atoms with Crippen LogP contribution in [0.2, 0.25) is 0 Å². The van der Waals surface area contributed by atoms with Gasteiger partial charge < -0.3 is 0 Å². The molecule has 1 aliphatic carbocycles. The van der Waals surface area contributed by atoms with Crippen molar-refractivity contribution in [1.82, 2.24) is 0 Å². The van der Waals surface area contributed by atoms with Gasteiger partial charge in [-0.1, -0.05) is 78.9 Å². The van der Waals surface area contributed by atoms with Gasteiger partial charge in [0.2, 0.25) is 0 Å². The molecule has 0 N–H and O–H groups in total. The first-order chi connectivity index (χ1) is 11.7. The average Bonchev–Trinajstić information content (AvgIpc) is 3.42. The van der Waals surface area contributed by atoms with Gasteiger partial charge in [0.15, 0.2) is 9.84 Å². The van der Waals surface area contributed by atoms with Gasteiger partial charge in [0.05, 0.1) is 4.90 Å². The van der Waals surface area contributed by atoms with E-state index in [1.807, 2.05) is 66.7 Å². The largest absolute Gasteiger partial charge is 0.223 e. The highest BCUT2D eigenvalue weighted by Gasteiger charge is 2.65. The van der Waals surface area contributed by atoms with Crippen LogP contribution in [-0.4, -0.2) is 8.42 Å². The molecule has 0 radical (unpaired) electrons. The van der Waals surface area contributed by atoms with Crippen LogP contribution in [0.4, 0.5) is 0 Å². The summed E-state index contributed by atoms with van der Waals surface area (Å²) in [7, 11) is -3.48. The Labute approximate surface area is 142 Å². The molecule has 0 bridgehead atoms. The van der Waals surface area contributed by atoms with Crippen molar-refractivity contribution in [3.05, 3.63) is 102 Å². The Kier molecular flexibility index (Phi) is 3.54. The molecular formula is C21H18O2S. The molecule has 3 aromatic carbocycles. The molecule has 0 saturated heterocycles. The molecule has 2 atom stereocenters. The van der Waals surface area contributed by atoms with Gasteiger partial charge in [-0.25, -0.2) is 8.42 Å². The monoisotopic (exact) mass is 334 g/mol. The molecule has 1 unspecified atom stereocenters. The maximum absolute atomic E-state index is 13.5. The van der Waals surface area contributed by atoms with Crippen LogP contribution in [0.1, 0.15) is 23.5 Å². The Hall–Kier alpha value is -2.39.